The summed E-state index contributed by atoms with van der Waals surface area (Å²) in [5.74, 6) is -0.991. The minimum absolute atomic E-state index is 0.200. The minimum atomic E-state index is -1.71. The Balaban J connectivity index is 2.54. The molecule has 21 heavy (non-hydrogen) atoms. The van der Waals surface area contributed by atoms with Crippen LogP contribution < -0.4 is 10.3 Å². The maximum absolute atomic E-state index is 11.9. The van der Waals surface area contributed by atoms with Gasteiger partial charge in [-0.05, 0) is 33.8 Å². The summed E-state index contributed by atoms with van der Waals surface area (Å²) < 4.78 is 14.3. The molecule has 0 fully saturated rings. The van der Waals surface area contributed by atoms with Gasteiger partial charge < -0.3 is 9.39 Å². The molecule has 0 spiro atoms. The Kier molecular flexibility index (Phi) is 4.20. The molecule has 1 unspecified atom stereocenters. The summed E-state index contributed by atoms with van der Waals surface area (Å²) >= 11 is 0. The minimum Gasteiger partial charge on any atom is -0.674 e. The highest BCUT2D eigenvalue weighted by molar-refractivity contribution is 6.80. The largest absolute Gasteiger partial charge is 0.674 e. The van der Waals surface area contributed by atoms with Crippen molar-refractivity contribution >= 4 is 24.6 Å². The first-order valence-corrected chi connectivity index (χ1v) is 7.17. The maximum Gasteiger partial charge on any atom is 0.306 e. The lowest BCUT2D eigenvalue weighted by Crippen LogP contribution is -2.60. The van der Waals surface area contributed by atoms with Crippen LogP contribution in [-0.4, -0.2) is 30.5 Å². The molecule has 6 nitrogen and oxygen atoms in total. The lowest BCUT2D eigenvalue weighted by atomic mass is 9.60. The maximum atomic E-state index is 11.9. The Morgan fingerprint density at radius 1 is 1.38 bits per heavy atom. The summed E-state index contributed by atoms with van der Waals surface area (Å²) in [6.45, 7) is 6.48. The van der Waals surface area contributed by atoms with E-state index in [1.54, 1.807) is 0 Å². The van der Waals surface area contributed by atoms with Crippen LogP contribution in [0.2, 0.25) is 0 Å². The van der Waals surface area contributed by atoms with Crippen LogP contribution in [-0.2, 0) is 19.0 Å². The fraction of sp³-hybridized carbons (Fsp3) is 0.500. The second kappa shape index (κ2) is 5.75. The van der Waals surface area contributed by atoms with Crippen LogP contribution in [0.3, 0.4) is 0 Å². The zero-order chi connectivity index (χ0) is 15.7. The smallest absolute Gasteiger partial charge is 0.306 e. The number of methoxy groups -OCH3 is 1. The van der Waals surface area contributed by atoms with Crippen LogP contribution in [0.25, 0.3) is 0 Å². The number of hydrogen-bond acceptors (Lipinski definition) is 4. The van der Waals surface area contributed by atoms with Crippen molar-refractivity contribution in [1.29, 1.82) is 0 Å². The zero-order valence-electron chi connectivity index (χ0n) is 13.1. The molecule has 1 aromatic rings. The van der Waals surface area contributed by atoms with E-state index in [2.05, 4.69) is 0 Å². The molecular weight excluding hydrogens is 271 g/mol. The molecule has 1 aliphatic heterocycles. The van der Waals surface area contributed by atoms with E-state index >= 15 is 0 Å². The van der Waals surface area contributed by atoms with E-state index in [0.717, 1.165) is 5.72 Å². The molecular formula is C14H21BN2O4. The number of carbonyl (C=O) groups excluding carboxylic acids is 2. The number of carbonyl (C=O) groups is 2. The topological polar surface area (TPSA) is 61.4 Å². The first-order valence-electron chi connectivity index (χ1n) is 7.17. The van der Waals surface area contributed by atoms with Gasteiger partial charge in [0, 0.05) is 0 Å². The van der Waals surface area contributed by atoms with Crippen LogP contribution in [0, 0.1) is 0 Å². The third-order valence-electron chi connectivity index (χ3n) is 3.76. The van der Waals surface area contributed by atoms with E-state index in [1.165, 1.54) is 13.2 Å². The van der Waals surface area contributed by atoms with Gasteiger partial charge in [-0.15, -0.1) is 0 Å². The van der Waals surface area contributed by atoms with Crippen LogP contribution in [0.15, 0.2) is 23.9 Å². The fourth-order valence-electron chi connectivity index (χ4n) is 2.77. The van der Waals surface area contributed by atoms with Crippen molar-refractivity contribution in [2.75, 3.05) is 7.11 Å². The van der Waals surface area contributed by atoms with Crippen molar-refractivity contribution in [1.82, 2.24) is 4.57 Å². The van der Waals surface area contributed by atoms with Gasteiger partial charge in [-0.3, -0.25) is 18.7 Å². The normalized spacial score (nSPS) is 18.1. The molecule has 0 N–H and O–H groups in total. The zero-order valence-corrected chi connectivity index (χ0v) is 13.1. The fourth-order valence-corrected chi connectivity index (χ4v) is 2.77. The summed E-state index contributed by atoms with van der Waals surface area (Å²) in [4.78, 5) is 23.5. The second-order valence-corrected chi connectivity index (χ2v) is 5.81. The molecule has 0 saturated heterocycles. The molecule has 0 amide bonds. The number of hydrogen-bond donors (Lipinski definition) is 0. The molecule has 0 radical (unpaired) electrons. The number of nitrogens with zero attached hydrogens (tertiary/aromatic N) is 2. The quantitative estimate of drug-likeness (QED) is 0.447. The number of imidazole rings is 1. The van der Waals surface area contributed by atoms with Crippen molar-refractivity contribution in [2.24, 2.45) is 0 Å². The predicted octanol–water partition coefficient (Wildman–Crippen LogP) is 0.0636. The first-order chi connectivity index (χ1) is 9.86. The average molecular weight is 292 g/mol. The number of aromatic nitrogens is 2. The Bertz CT molecular complexity index is 579. The highest BCUT2D eigenvalue weighted by atomic mass is 16.5. The number of esters is 1. The lowest BCUT2D eigenvalue weighted by molar-refractivity contribution is -0.699. The molecule has 2 heterocycles. The lowest BCUT2D eigenvalue weighted by Gasteiger charge is -2.22. The van der Waals surface area contributed by atoms with Gasteiger partial charge >= 0.3 is 6.92 Å². The van der Waals surface area contributed by atoms with E-state index in [-0.39, 0.29) is 12.1 Å². The molecule has 0 bridgehead atoms. The first kappa shape index (κ1) is 15.3. The Morgan fingerprint density at radius 3 is 2.57 bits per heavy atom. The van der Waals surface area contributed by atoms with Gasteiger partial charge in [-0.2, -0.15) is 0 Å². The highest BCUT2D eigenvalue weighted by Crippen LogP contribution is 2.15. The van der Waals surface area contributed by atoms with Crippen LogP contribution in [0.4, 0.5) is 0 Å². The highest BCUT2D eigenvalue weighted by Gasteiger charge is 2.36. The van der Waals surface area contributed by atoms with Crippen molar-refractivity contribution in [3.05, 3.63) is 23.9 Å². The molecule has 2 rings (SSSR count). The van der Waals surface area contributed by atoms with Crippen molar-refractivity contribution in [3.63, 3.8) is 0 Å². The monoisotopic (exact) mass is 292 g/mol. The summed E-state index contributed by atoms with van der Waals surface area (Å²) in [6.07, 6.45) is 5.15. The molecule has 7 heteroatoms. The molecule has 0 aromatic carbocycles. The standard InChI is InChI=1S/C14H21BN2O4/c1-9(2)16-6-7-17(10(3)4)14(16)15-11(13(19)20-5)8-12(18)21-15/h6-10,15H,1-5H3. The molecule has 0 saturated carbocycles. The Hall–Kier alpha value is -2.05. The molecule has 1 aliphatic rings. The SMILES string of the molecule is COC(=O)C1=CC(=O)O[BH-]1c1n(C(C)C)cc[n+]1C(C)C. The van der Waals surface area contributed by atoms with Crippen molar-refractivity contribution < 1.29 is 23.5 Å². The third kappa shape index (κ3) is 2.72. The van der Waals surface area contributed by atoms with Gasteiger partial charge in [0.2, 0.25) is 0 Å². The van der Waals surface area contributed by atoms with Crippen molar-refractivity contribution in [3.8, 4) is 0 Å². The van der Waals surface area contributed by atoms with Gasteiger partial charge in [-0.1, -0.05) is 5.47 Å². The van der Waals surface area contributed by atoms with Crippen LogP contribution in [0.5, 0.6) is 0 Å². The number of rotatable bonds is 4. The molecule has 1 aromatic heterocycles. The van der Waals surface area contributed by atoms with E-state index in [9.17, 15) is 9.59 Å². The van der Waals surface area contributed by atoms with Crippen LogP contribution in [0.1, 0.15) is 39.8 Å². The molecule has 0 aliphatic carbocycles. The van der Waals surface area contributed by atoms with Gasteiger partial charge in [0.05, 0.1) is 19.2 Å². The Labute approximate surface area is 124 Å². The number of ether oxygens (including phenoxy) is 1. The Morgan fingerprint density at radius 2 is 2.05 bits per heavy atom. The van der Waals surface area contributed by atoms with E-state index in [4.69, 9.17) is 9.39 Å². The predicted molar refractivity (Wildman–Crippen MR) is 78.4 cm³/mol. The van der Waals surface area contributed by atoms with E-state index in [0.29, 0.717) is 5.47 Å². The van der Waals surface area contributed by atoms with Crippen molar-refractivity contribution in [2.45, 2.75) is 39.8 Å². The van der Waals surface area contributed by atoms with Gasteiger partial charge in [0.1, 0.15) is 18.1 Å². The van der Waals surface area contributed by atoms with Gasteiger partial charge in [0.25, 0.3) is 11.9 Å². The van der Waals surface area contributed by atoms with Gasteiger partial charge in [0.15, 0.2) is 0 Å². The second-order valence-electron chi connectivity index (χ2n) is 5.81. The summed E-state index contributed by atoms with van der Waals surface area (Å²) in [6, 6.07) is 0.399. The molecule has 114 valence electrons. The summed E-state index contributed by atoms with van der Waals surface area (Å²) in [5.41, 5.74) is 1.17. The van der Waals surface area contributed by atoms with E-state index in [1.807, 2.05) is 49.2 Å². The third-order valence-corrected chi connectivity index (χ3v) is 3.76. The molecule has 1 atom stereocenters. The van der Waals surface area contributed by atoms with Crippen LogP contribution >= 0.6 is 0 Å². The van der Waals surface area contributed by atoms with E-state index < -0.39 is 18.9 Å². The van der Waals surface area contributed by atoms with Gasteiger partial charge in [-0.25, -0.2) is 0 Å². The average Bonchev–Trinajstić information content (AvgIpc) is 3.00. The summed E-state index contributed by atoms with van der Waals surface area (Å²) in [7, 11) is 1.31. The summed E-state index contributed by atoms with van der Waals surface area (Å²) in [5, 5.41) is 0.